The van der Waals surface area contributed by atoms with Gasteiger partial charge in [-0.2, -0.15) is 0 Å². The maximum absolute atomic E-state index is 11.9. The quantitative estimate of drug-likeness (QED) is 0.729. The monoisotopic (exact) mass is 218 g/mol. The molecule has 0 saturated heterocycles. The first kappa shape index (κ1) is 11.3. The van der Waals surface area contributed by atoms with Crippen molar-refractivity contribution in [1.82, 2.24) is 0 Å². The van der Waals surface area contributed by atoms with Crippen LogP contribution in [-0.4, -0.2) is 11.6 Å². The predicted molar refractivity (Wildman–Crippen MR) is 63.0 cm³/mol. The van der Waals surface area contributed by atoms with E-state index in [1.54, 1.807) is 0 Å². The van der Waals surface area contributed by atoms with Crippen LogP contribution in [0.15, 0.2) is 23.8 Å². The Bertz CT molecular complexity index is 350. The average molecular weight is 218 g/mol. The third kappa shape index (κ3) is 2.69. The van der Waals surface area contributed by atoms with Crippen molar-refractivity contribution in [1.29, 1.82) is 0 Å². The van der Waals surface area contributed by atoms with Gasteiger partial charge in [-0.3, -0.25) is 9.59 Å². The van der Waals surface area contributed by atoms with E-state index in [0.29, 0.717) is 18.6 Å². The van der Waals surface area contributed by atoms with Gasteiger partial charge in [-0.15, -0.1) is 0 Å². The largest absolute Gasteiger partial charge is 0.299 e. The van der Waals surface area contributed by atoms with Crippen molar-refractivity contribution in [2.75, 3.05) is 0 Å². The van der Waals surface area contributed by atoms with Crippen LogP contribution in [0.1, 0.15) is 44.9 Å². The Kier molecular flexibility index (Phi) is 3.70. The van der Waals surface area contributed by atoms with Gasteiger partial charge >= 0.3 is 0 Å². The fourth-order valence-corrected chi connectivity index (χ4v) is 2.43. The Morgan fingerprint density at radius 1 is 1.31 bits per heavy atom. The molecule has 16 heavy (non-hydrogen) atoms. The van der Waals surface area contributed by atoms with Crippen molar-refractivity contribution >= 4 is 11.6 Å². The lowest BCUT2D eigenvalue weighted by Crippen LogP contribution is -2.22. The van der Waals surface area contributed by atoms with Crippen LogP contribution in [0.4, 0.5) is 0 Å². The van der Waals surface area contributed by atoms with Gasteiger partial charge < -0.3 is 0 Å². The van der Waals surface area contributed by atoms with Gasteiger partial charge in [0.05, 0.1) is 0 Å². The fourth-order valence-electron chi connectivity index (χ4n) is 2.43. The summed E-state index contributed by atoms with van der Waals surface area (Å²) in [5, 5.41) is 0. The van der Waals surface area contributed by atoms with Crippen LogP contribution >= 0.6 is 0 Å². The lowest BCUT2D eigenvalue weighted by Gasteiger charge is -2.20. The van der Waals surface area contributed by atoms with Gasteiger partial charge in [-0.05, 0) is 25.7 Å². The molecule has 1 saturated carbocycles. The topological polar surface area (TPSA) is 34.1 Å². The molecule has 0 spiro atoms. The first-order chi connectivity index (χ1) is 7.77. The molecule has 0 aromatic carbocycles. The normalized spacial score (nSPS) is 25.4. The highest BCUT2D eigenvalue weighted by Gasteiger charge is 2.25. The average Bonchev–Trinajstić information content (AvgIpc) is 2.33. The molecule has 0 aromatic rings. The van der Waals surface area contributed by atoms with Crippen LogP contribution in [0, 0.1) is 5.92 Å². The molecule has 0 radical (unpaired) electrons. The molecule has 86 valence electrons. The molecule has 2 heteroatoms. The molecular formula is C14H18O2. The van der Waals surface area contributed by atoms with E-state index in [9.17, 15) is 9.59 Å². The zero-order valence-electron chi connectivity index (χ0n) is 9.58. The molecule has 1 unspecified atom stereocenters. The van der Waals surface area contributed by atoms with E-state index in [-0.39, 0.29) is 11.7 Å². The molecule has 2 aliphatic carbocycles. The van der Waals surface area contributed by atoms with E-state index in [1.807, 2.05) is 18.2 Å². The summed E-state index contributed by atoms with van der Waals surface area (Å²) >= 11 is 0. The minimum absolute atomic E-state index is 0.00234. The summed E-state index contributed by atoms with van der Waals surface area (Å²) in [6.07, 6.45) is 12.0. The van der Waals surface area contributed by atoms with Crippen LogP contribution in [0.2, 0.25) is 0 Å². The highest BCUT2D eigenvalue weighted by Crippen LogP contribution is 2.25. The van der Waals surface area contributed by atoms with Crippen molar-refractivity contribution in [2.45, 2.75) is 44.9 Å². The second-order valence-corrected chi connectivity index (χ2v) is 4.68. The van der Waals surface area contributed by atoms with Crippen LogP contribution in [-0.2, 0) is 9.59 Å². The van der Waals surface area contributed by atoms with Crippen LogP contribution in [0.25, 0.3) is 0 Å². The first-order valence-corrected chi connectivity index (χ1v) is 6.20. The zero-order valence-corrected chi connectivity index (χ0v) is 9.58. The highest BCUT2D eigenvalue weighted by atomic mass is 16.1. The Morgan fingerprint density at radius 3 is 2.88 bits per heavy atom. The smallest absolute Gasteiger partial charge is 0.163 e. The van der Waals surface area contributed by atoms with Crippen molar-refractivity contribution in [3.63, 3.8) is 0 Å². The summed E-state index contributed by atoms with van der Waals surface area (Å²) in [5.41, 5.74) is 0.810. The van der Waals surface area contributed by atoms with E-state index in [0.717, 1.165) is 37.7 Å². The lowest BCUT2D eigenvalue weighted by atomic mass is 9.83. The third-order valence-corrected chi connectivity index (χ3v) is 3.43. The van der Waals surface area contributed by atoms with Gasteiger partial charge in [0.1, 0.15) is 5.78 Å². The summed E-state index contributed by atoms with van der Waals surface area (Å²) in [6.45, 7) is 0. The van der Waals surface area contributed by atoms with Crippen LogP contribution in [0.5, 0.6) is 0 Å². The molecule has 0 aromatic heterocycles. The molecule has 1 atom stereocenters. The van der Waals surface area contributed by atoms with Crippen LogP contribution < -0.4 is 0 Å². The molecule has 0 bridgehead atoms. The van der Waals surface area contributed by atoms with E-state index < -0.39 is 0 Å². The second-order valence-electron chi connectivity index (χ2n) is 4.68. The molecule has 2 nitrogen and oxygen atoms in total. The molecule has 0 N–H and O–H groups in total. The Labute approximate surface area is 96.4 Å². The van der Waals surface area contributed by atoms with Crippen molar-refractivity contribution in [3.05, 3.63) is 23.8 Å². The van der Waals surface area contributed by atoms with Gasteiger partial charge in [0.2, 0.25) is 0 Å². The number of hydrogen-bond acceptors (Lipinski definition) is 2. The molecular weight excluding hydrogens is 200 g/mol. The van der Waals surface area contributed by atoms with Crippen molar-refractivity contribution in [3.8, 4) is 0 Å². The van der Waals surface area contributed by atoms with Crippen LogP contribution in [0.3, 0.4) is 0 Å². The van der Waals surface area contributed by atoms with Crippen molar-refractivity contribution < 1.29 is 9.59 Å². The van der Waals surface area contributed by atoms with E-state index in [1.165, 1.54) is 0 Å². The van der Waals surface area contributed by atoms with E-state index in [4.69, 9.17) is 0 Å². The molecule has 1 fully saturated rings. The molecule has 0 aliphatic heterocycles. The third-order valence-electron chi connectivity index (χ3n) is 3.43. The van der Waals surface area contributed by atoms with Gasteiger partial charge in [0.25, 0.3) is 0 Å². The zero-order chi connectivity index (χ0) is 11.4. The maximum atomic E-state index is 11.9. The molecule has 2 aliphatic rings. The first-order valence-electron chi connectivity index (χ1n) is 6.20. The second kappa shape index (κ2) is 5.24. The molecule has 2 rings (SSSR count). The fraction of sp³-hybridized carbons (Fsp3) is 0.571. The summed E-state index contributed by atoms with van der Waals surface area (Å²) in [5.74, 6) is 0.439. The van der Waals surface area contributed by atoms with E-state index in [2.05, 4.69) is 0 Å². The number of Topliss-reactive ketones (excluding diaryl/α,β-unsaturated/α-hetero) is 2. The van der Waals surface area contributed by atoms with Gasteiger partial charge in [-0.1, -0.05) is 24.6 Å². The SMILES string of the molecule is O=C(CC1CCCCC1=O)C1=CCCC=C1. The lowest BCUT2D eigenvalue weighted by molar-refractivity contribution is -0.128. The standard InChI is InChI=1S/C14H18O2/c15-13-9-5-4-8-12(13)10-14(16)11-6-2-1-3-7-11/h2,6-7,12H,1,3-5,8-10H2. The number of allylic oxidation sites excluding steroid dienone is 4. The summed E-state index contributed by atoms with van der Waals surface area (Å²) in [6, 6.07) is 0. The number of ketones is 2. The minimum Gasteiger partial charge on any atom is -0.299 e. The Hall–Kier alpha value is -1.18. The maximum Gasteiger partial charge on any atom is 0.163 e. The predicted octanol–water partition coefficient (Wildman–Crippen LogP) is 2.98. The van der Waals surface area contributed by atoms with Crippen molar-refractivity contribution in [2.24, 2.45) is 5.92 Å². The van der Waals surface area contributed by atoms with Gasteiger partial charge in [0.15, 0.2) is 5.78 Å². The number of carbonyl (C=O) groups is 2. The number of carbonyl (C=O) groups excluding carboxylic acids is 2. The number of rotatable bonds is 3. The minimum atomic E-state index is -0.00234. The summed E-state index contributed by atoms with van der Waals surface area (Å²) in [7, 11) is 0. The summed E-state index contributed by atoms with van der Waals surface area (Å²) < 4.78 is 0. The van der Waals surface area contributed by atoms with E-state index >= 15 is 0 Å². The molecule has 0 heterocycles. The Balaban J connectivity index is 1.93. The number of hydrogen-bond donors (Lipinski definition) is 0. The molecule has 0 amide bonds. The Morgan fingerprint density at radius 2 is 2.19 bits per heavy atom. The van der Waals surface area contributed by atoms with Gasteiger partial charge in [0, 0.05) is 24.3 Å². The highest BCUT2D eigenvalue weighted by molar-refractivity contribution is 6.00. The van der Waals surface area contributed by atoms with Gasteiger partial charge in [-0.25, -0.2) is 0 Å². The summed E-state index contributed by atoms with van der Waals surface area (Å²) in [4.78, 5) is 23.6.